The number of unbranched alkanes of at least 4 members (excludes halogenated alkanes) is 2. The normalized spacial score (nSPS) is 15.3. The summed E-state index contributed by atoms with van der Waals surface area (Å²) >= 11 is 0. The molecule has 1 aliphatic rings. The van der Waals surface area contributed by atoms with Crippen LogP contribution in [0.1, 0.15) is 63.9 Å². The fourth-order valence-corrected chi connectivity index (χ4v) is 5.02. The highest BCUT2D eigenvalue weighted by Crippen LogP contribution is 2.33. The number of sulfone groups is 1. The first-order valence-electron chi connectivity index (χ1n) is 10.6. The lowest BCUT2D eigenvalue weighted by molar-refractivity contribution is -0.116. The van der Waals surface area contributed by atoms with Gasteiger partial charge in [-0.05, 0) is 62.3 Å². The van der Waals surface area contributed by atoms with E-state index in [0.29, 0.717) is 19.6 Å². The van der Waals surface area contributed by atoms with Crippen LogP contribution in [-0.4, -0.2) is 45.4 Å². The molecule has 0 unspecified atom stereocenters. The molecule has 0 bridgehead atoms. The third-order valence-electron chi connectivity index (χ3n) is 5.19. The van der Waals surface area contributed by atoms with Gasteiger partial charge in [-0.15, -0.1) is 0 Å². The monoisotopic (exact) mass is 427 g/mol. The summed E-state index contributed by atoms with van der Waals surface area (Å²) < 4.78 is 44.4. The van der Waals surface area contributed by atoms with Crippen LogP contribution in [0.3, 0.4) is 0 Å². The smallest absolute Gasteiger partial charge is 0.165 e. The zero-order valence-corrected chi connectivity index (χ0v) is 18.4. The van der Waals surface area contributed by atoms with Gasteiger partial charge in [-0.3, -0.25) is 4.79 Å². The van der Waals surface area contributed by atoms with Gasteiger partial charge in [0.15, 0.2) is 21.4 Å². The zero-order chi connectivity index (χ0) is 21.3. The van der Waals surface area contributed by atoms with Crippen LogP contribution in [0, 0.1) is 11.7 Å². The van der Waals surface area contributed by atoms with Gasteiger partial charge in [0, 0.05) is 0 Å². The number of halogens is 1. The van der Waals surface area contributed by atoms with Crippen molar-refractivity contribution < 1.29 is 22.3 Å². The molecule has 1 aromatic rings. The van der Waals surface area contributed by atoms with Crippen molar-refractivity contribution in [2.24, 2.45) is 5.92 Å². The lowest BCUT2D eigenvalue weighted by atomic mass is 10.0. The molecule has 1 saturated carbocycles. The molecule has 1 N–H and O–H groups in total. The Morgan fingerprint density at radius 3 is 2.72 bits per heavy atom. The van der Waals surface area contributed by atoms with Crippen LogP contribution in [0.15, 0.2) is 18.2 Å². The minimum Gasteiger partial charge on any atom is -0.490 e. The minimum atomic E-state index is -3.19. The van der Waals surface area contributed by atoms with Crippen molar-refractivity contribution in [2.45, 2.75) is 58.3 Å². The van der Waals surface area contributed by atoms with E-state index >= 15 is 0 Å². The van der Waals surface area contributed by atoms with E-state index in [1.54, 1.807) is 12.1 Å². The number of nitrogens with one attached hydrogen (secondary N) is 1. The van der Waals surface area contributed by atoms with Crippen LogP contribution in [0.25, 0.3) is 0 Å². The molecule has 1 atom stereocenters. The lowest BCUT2D eigenvalue weighted by Gasteiger charge is -2.15. The summed E-state index contributed by atoms with van der Waals surface area (Å²) in [6.07, 6.45) is 5.66. The number of benzene rings is 1. The van der Waals surface area contributed by atoms with E-state index in [2.05, 4.69) is 5.32 Å². The third-order valence-corrected chi connectivity index (χ3v) is 7.11. The topological polar surface area (TPSA) is 72.5 Å². The molecule has 0 amide bonds. The summed E-state index contributed by atoms with van der Waals surface area (Å²) in [5.41, 5.74) is 0.782. The second-order valence-electron chi connectivity index (χ2n) is 8.23. The van der Waals surface area contributed by atoms with Gasteiger partial charge in [0.2, 0.25) is 0 Å². The molecule has 1 aromatic carbocycles. The van der Waals surface area contributed by atoms with Gasteiger partial charge in [0.25, 0.3) is 0 Å². The van der Waals surface area contributed by atoms with Gasteiger partial charge in [-0.1, -0.05) is 32.3 Å². The highest BCUT2D eigenvalue weighted by atomic mass is 32.2. The van der Waals surface area contributed by atoms with Crippen LogP contribution < -0.4 is 10.1 Å². The number of ether oxygens (including phenoxy) is 1. The van der Waals surface area contributed by atoms with Crippen molar-refractivity contribution in [3.63, 3.8) is 0 Å². The second kappa shape index (κ2) is 11.6. The van der Waals surface area contributed by atoms with Gasteiger partial charge < -0.3 is 10.1 Å². The van der Waals surface area contributed by atoms with E-state index in [4.69, 9.17) is 4.74 Å². The maximum Gasteiger partial charge on any atom is 0.165 e. The van der Waals surface area contributed by atoms with Crippen molar-refractivity contribution in [1.82, 2.24) is 5.32 Å². The molecule has 0 aromatic heterocycles. The predicted octanol–water partition coefficient (Wildman–Crippen LogP) is 3.87. The standard InChI is InChI=1S/C22H34FNO4S/c1-17(16-29(26,27)13-5-3-4-11-24-15-18(2)25)20-8-9-21(23)22(14-20)28-12-10-19-6-7-19/h8-9,14,17,19,24H,3-7,10-13,15-16H2,1-2H3/t17-/m1/s1. The molecule has 1 fully saturated rings. The van der Waals surface area contributed by atoms with Gasteiger partial charge >= 0.3 is 0 Å². The number of hydrogen-bond donors (Lipinski definition) is 1. The van der Waals surface area contributed by atoms with Crippen molar-refractivity contribution in [2.75, 3.05) is 31.2 Å². The van der Waals surface area contributed by atoms with Gasteiger partial charge in [0.05, 0.1) is 24.7 Å². The summed E-state index contributed by atoms with van der Waals surface area (Å²) in [7, 11) is -3.19. The van der Waals surface area contributed by atoms with Crippen LogP contribution in [0.2, 0.25) is 0 Å². The molecular formula is C22H34FNO4S. The quantitative estimate of drug-likeness (QED) is 0.430. The molecule has 1 aliphatic carbocycles. The van der Waals surface area contributed by atoms with E-state index in [1.807, 2.05) is 6.92 Å². The summed E-state index contributed by atoms with van der Waals surface area (Å²) in [4.78, 5) is 10.8. The molecule has 164 valence electrons. The van der Waals surface area contributed by atoms with E-state index < -0.39 is 15.7 Å². The molecule has 29 heavy (non-hydrogen) atoms. The molecule has 0 radical (unpaired) electrons. The van der Waals surface area contributed by atoms with Crippen LogP contribution >= 0.6 is 0 Å². The summed E-state index contributed by atoms with van der Waals surface area (Å²) in [6, 6.07) is 4.64. The molecule has 5 nitrogen and oxygen atoms in total. The number of rotatable bonds is 15. The minimum absolute atomic E-state index is 0.0444. The molecule has 0 aliphatic heterocycles. The number of carbonyl (C=O) groups is 1. The predicted molar refractivity (Wildman–Crippen MR) is 114 cm³/mol. The fraction of sp³-hybridized carbons (Fsp3) is 0.682. The number of hydrogen-bond acceptors (Lipinski definition) is 5. The van der Waals surface area contributed by atoms with Crippen molar-refractivity contribution in [1.29, 1.82) is 0 Å². The zero-order valence-electron chi connectivity index (χ0n) is 17.6. The third kappa shape index (κ3) is 9.72. The second-order valence-corrected chi connectivity index (χ2v) is 10.5. The summed E-state index contributed by atoms with van der Waals surface area (Å²) in [5.74, 6) is 0.597. The van der Waals surface area contributed by atoms with Crippen LogP contribution in [0.5, 0.6) is 5.75 Å². The number of carbonyl (C=O) groups excluding carboxylic acids is 1. The number of ketones is 1. The summed E-state index contributed by atoms with van der Waals surface area (Å²) in [6.45, 7) is 4.96. The first-order chi connectivity index (χ1) is 13.8. The Morgan fingerprint density at radius 1 is 1.28 bits per heavy atom. The first kappa shape index (κ1) is 23.8. The average Bonchev–Trinajstić information content (AvgIpc) is 3.46. The highest BCUT2D eigenvalue weighted by Gasteiger charge is 2.22. The molecular weight excluding hydrogens is 393 g/mol. The molecule has 2 rings (SSSR count). The van der Waals surface area contributed by atoms with E-state index in [9.17, 15) is 17.6 Å². The Labute approximate surface area is 174 Å². The Kier molecular flexibility index (Phi) is 9.56. The van der Waals surface area contributed by atoms with Crippen molar-refractivity contribution in [3.8, 4) is 5.75 Å². The Morgan fingerprint density at radius 2 is 2.03 bits per heavy atom. The molecule has 7 heteroatoms. The van der Waals surface area contributed by atoms with Gasteiger partial charge in [-0.2, -0.15) is 0 Å². The average molecular weight is 428 g/mol. The first-order valence-corrected chi connectivity index (χ1v) is 12.4. The Balaban J connectivity index is 1.75. The lowest BCUT2D eigenvalue weighted by Crippen LogP contribution is -2.22. The van der Waals surface area contributed by atoms with Crippen LogP contribution in [-0.2, 0) is 14.6 Å². The molecule has 0 heterocycles. The van der Waals surface area contributed by atoms with Crippen LogP contribution in [0.4, 0.5) is 4.39 Å². The SMILES string of the molecule is CC(=O)CNCCCCCS(=O)(=O)C[C@@H](C)c1ccc(F)c(OCCC2CC2)c1. The van der Waals surface area contributed by atoms with Crippen molar-refractivity contribution >= 4 is 15.6 Å². The Bertz CT molecular complexity index is 762. The fourth-order valence-electron chi connectivity index (χ4n) is 3.25. The maximum atomic E-state index is 14.0. The largest absolute Gasteiger partial charge is 0.490 e. The maximum absolute atomic E-state index is 14.0. The van der Waals surface area contributed by atoms with Gasteiger partial charge in [0.1, 0.15) is 5.78 Å². The molecule has 0 spiro atoms. The van der Waals surface area contributed by atoms with Crippen molar-refractivity contribution in [3.05, 3.63) is 29.6 Å². The number of Topliss-reactive ketones (excluding diaryl/α,β-unsaturated/α-hetero) is 1. The highest BCUT2D eigenvalue weighted by molar-refractivity contribution is 7.91. The Hall–Kier alpha value is -1.47. The van der Waals surface area contributed by atoms with E-state index in [1.165, 1.54) is 25.8 Å². The summed E-state index contributed by atoms with van der Waals surface area (Å²) in [5, 5.41) is 3.03. The van der Waals surface area contributed by atoms with Gasteiger partial charge in [-0.25, -0.2) is 12.8 Å². The van der Waals surface area contributed by atoms with E-state index in [-0.39, 0.29) is 29.0 Å². The van der Waals surface area contributed by atoms with E-state index in [0.717, 1.165) is 37.3 Å². The molecule has 0 saturated heterocycles.